The first-order valence-electron chi connectivity index (χ1n) is 10.6. The number of carbonyl (C=O) groups is 1. The van der Waals surface area contributed by atoms with Crippen molar-refractivity contribution in [1.29, 1.82) is 0 Å². The van der Waals surface area contributed by atoms with Gasteiger partial charge in [0.15, 0.2) is 5.82 Å². The predicted octanol–water partition coefficient (Wildman–Crippen LogP) is 4.76. The molecule has 1 aliphatic rings. The number of rotatable bonds is 5. The molecule has 2 heterocycles. The van der Waals surface area contributed by atoms with Gasteiger partial charge >= 0.3 is 6.09 Å². The van der Waals surface area contributed by atoms with Crippen LogP contribution in [0.1, 0.15) is 12.5 Å². The smallest absolute Gasteiger partial charge is 0.409 e. The maximum absolute atomic E-state index is 12.0. The third kappa shape index (κ3) is 4.87. The van der Waals surface area contributed by atoms with Gasteiger partial charge < -0.3 is 9.64 Å². The van der Waals surface area contributed by atoms with Crippen molar-refractivity contribution in [3.63, 3.8) is 0 Å². The van der Waals surface area contributed by atoms with E-state index in [1.54, 1.807) is 4.90 Å². The molecule has 2 aromatic carbocycles. The summed E-state index contributed by atoms with van der Waals surface area (Å²) in [6.45, 7) is 7.51. The fourth-order valence-electron chi connectivity index (χ4n) is 3.69. The van der Waals surface area contributed by atoms with E-state index in [9.17, 15) is 4.79 Å². The third-order valence-corrected chi connectivity index (χ3v) is 6.11. The zero-order valence-corrected chi connectivity index (χ0v) is 19.8. The van der Waals surface area contributed by atoms with E-state index in [1.807, 2.05) is 40.4 Å². The van der Waals surface area contributed by atoms with Crippen molar-refractivity contribution in [2.75, 3.05) is 32.8 Å². The fraction of sp³-hybridized carbons (Fsp3) is 0.348. The Morgan fingerprint density at radius 3 is 2.34 bits per heavy atom. The molecule has 0 saturated carbocycles. The number of benzene rings is 2. The van der Waals surface area contributed by atoms with Gasteiger partial charge in [0.1, 0.15) is 0 Å². The molecule has 32 heavy (non-hydrogen) atoms. The van der Waals surface area contributed by atoms with Crippen molar-refractivity contribution >= 4 is 29.9 Å². The predicted molar refractivity (Wildman–Crippen MR) is 128 cm³/mol. The van der Waals surface area contributed by atoms with Gasteiger partial charge in [-0.25, -0.2) is 9.48 Å². The minimum Gasteiger partial charge on any atom is -0.450 e. The molecule has 4 rings (SSSR count). The molecule has 9 heteroatoms. The average molecular weight is 472 g/mol. The quantitative estimate of drug-likeness (QED) is 0.502. The minimum absolute atomic E-state index is 0.252. The van der Waals surface area contributed by atoms with Crippen LogP contribution in [0.25, 0.3) is 17.1 Å². The first-order chi connectivity index (χ1) is 15.5. The number of nitrogens with zero attached hydrogens (tertiary/aromatic N) is 5. The molecule has 1 saturated heterocycles. The molecule has 1 fully saturated rings. The number of aromatic nitrogens is 3. The Bertz CT molecular complexity index is 1130. The number of piperazine rings is 1. The molecule has 0 unspecified atom stereocenters. The molecule has 3 aromatic rings. The Hall–Kier alpha value is -2.68. The lowest BCUT2D eigenvalue weighted by Crippen LogP contribution is -2.49. The molecule has 7 nitrogen and oxygen atoms in total. The molecule has 0 bridgehead atoms. The molecule has 1 aliphatic heterocycles. The van der Waals surface area contributed by atoms with Crippen LogP contribution in [0.3, 0.4) is 0 Å². The second kappa shape index (κ2) is 9.85. The number of hydrogen-bond donors (Lipinski definition) is 0. The van der Waals surface area contributed by atoms with E-state index in [0.29, 0.717) is 36.2 Å². The summed E-state index contributed by atoms with van der Waals surface area (Å²) in [5.41, 5.74) is 3.08. The van der Waals surface area contributed by atoms with Crippen LogP contribution in [0.5, 0.6) is 0 Å². The lowest BCUT2D eigenvalue weighted by molar-refractivity contribution is 0.0691. The summed E-state index contributed by atoms with van der Waals surface area (Å²) in [7, 11) is 0. The van der Waals surface area contributed by atoms with Crippen molar-refractivity contribution in [2.45, 2.75) is 20.5 Å². The van der Waals surface area contributed by atoms with Crippen molar-refractivity contribution in [3.05, 3.63) is 63.9 Å². The van der Waals surface area contributed by atoms with Gasteiger partial charge in [-0.3, -0.25) is 9.47 Å². The summed E-state index contributed by atoms with van der Waals surface area (Å²) in [6, 6.07) is 15.8. The van der Waals surface area contributed by atoms with Crippen molar-refractivity contribution in [3.8, 4) is 17.1 Å². The van der Waals surface area contributed by atoms with Gasteiger partial charge in [0.05, 0.1) is 13.3 Å². The first-order valence-corrected chi connectivity index (χ1v) is 11.4. The Morgan fingerprint density at radius 2 is 1.72 bits per heavy atom. The second-order valence-corrected chi connectivity index (χ2v) is 8.53. The highest BCUT2D eigenvalue weighted by Crippen LogP contribution is 2.25. The highest BCUT2D eigenvalue weighted by molar-refractivity contribution is 7.71. The van der Waals surface area contributed by atoms with E-state index >= 15 is 0 Å². The van der Waals surface area contributed by atoms with E-state index in [4.69, 9.17) is 33.7 Å². The number of carbonyl (C=O) groups excluding carboxylic acids is 1. The van der Waals surface area contributed by atoms with Crippen molar-refractivity contribution < 1.29 is 9.53 Å². The van der Waals surface area contributed by atoms with Crippen molar-refractivity contribution in [1.82, 2.24) is 24.1 Å². The van der Waals surface area contributed by atoms with Gasteiger partial charge in [-0.15, -0.1) is 5.10 Å². The van der Waals surface area contributed by atoms with Crippen LogP contribution in [0.2, 0.25) is 5.02 Å². The van der Waals surface area contributed by atoms with E-state index in [-0.39, 0.29) is 6.09 Å². The standard InChI is InChI=1S/C23H26ClN5O2S/c1-3-31-23(30)27-14-12-26(13-15-27)16-28-22(32)29(20-10-4-17(2)5-11-20)21(25-28)18-6-8-19(24)9-7-18/h4-11H,3,12-16H2,1-2H3. The van der Waals surface area contributed by atoms with Gasteiger partial charge in [-0.2, -0.15) is 0 Å². The Balaban J connectivity index is 1.62. The number of amides is 1. The maximum atomic E-state index is 12.0. The monoisotopic (exact) mass is 471 g/mol. The van der Waals surface area contributed by atoms with E-state index in [0.717, 1.165) is 30.2 Å². The van der Waals surface area contributed by atoms with E-state index in [2.05, 4.69) is 36.1 Å². The topological polar surface area (TPSA) is 55.5 Å². The van der Waals surface area contributed by atoms with Crippen LogP contribution in [-0.4, -0.2) is 63.0 Å². The summed E-state index contributed by atoms with van der Waals surface area (Å²) < 4.78 is 9.57. The molecule has 0 atom stereocenters. The molecule has 0 spiro atoms. The maximum Gasteiger partial charge on any atom is 0.409 e. The minimum atomic E-state index is -0.252. The largest absolute Gasteiger partial charge is 0.450 e. The molecule has 0 radical (unpaired) electrons. The first kappa shape index (κ1) is 22.5. The Morgan fingerprint density at radius 1 is 1.06 bits per heavy atom. The van der Waals surface area contributed by atoms with Crippen LogP contribution < -0.4 is 0 Å². The van der Waals surface area contributed by atoms with E-state index < -0.39 is 0 Å². The zero-order valence-electron chi connectivity index (χ0n) is 18.2. The number of ether oxygens (including phenoxy) is 1. The van der Waals surface area contributed by atoms with Crippen molar-refractivity contribution in [2.24, 2.45) is 0 Å². The van der Waals surface area contributed by atoms with Gasteiger partial charge in [0, 0.05) is 42.5 Å². The van der Waals surface area contributed by atoms with Gasteiger partial charge in [-0.1, -0.05) is 29.3 Å². The summed E-state index contributed by atoms with van der Waals surface area (Å²) >= 11 is 11.9. The Kier molecular flexibility index (Phi) is 6.93. The summed E-state index contributed by atoms with van der Waals surface area (Å²) in [4.78, 5) is 15.9. The highest BCUT2D eigenvalue weighted by atomic mass is 35.5. The van der Waals surface area contributed by atoms with Crippen LogP contribution in [-0.2, 0) is 11.4 Å². The van der Waals surface area contributed by atoms with E-state index in [1.165, 1.54) is 5.56 Å². The fourth-order valence-corrected chi connectivity index (χ4v) is 4.10. The van der Waals surface area contributed by atoms with Gasteiger partial charge in [-0.05, 0) is 62.5 Å². The van der Waals surface area contributed by atoms with Crippen LogP contribution in [0.15, 0.2) is 48.5 Å². The SMILES string of the molecule is CCOC(=O)N1CCN(Cn2nc(-c3ccc(Cl)cc3)n(-c3ccc(C)cc3)c2=S)CC1. The van der Waals surface area contributed by atoms with Crippen LogP contribution >= 0.6 is 23.8 Å². The van der Waals surface area contributed by atoms with Crippen LogP contribution in [0, 0.1) is 11.7 Å². The Labute approximate surface area is 197 Å². The zero-order chi connectivity index (χ0) is 22.7. The molecule has 168 valence electrons. The lowest BCUT2D eigenvalue weighted by Gasteiger charge is -2.33. The molecule has 0 N–H and O–H groups in total. The van der Waals surface area contributed by atoms with Crippen LogP contribution in [0.4, 0.5) is 4.79 Å². The summed E-state index contributed by atoms with van der Waals surface area (Å²) in [5.74, 6) is 0.765. The number of hydrogen-bond acceptors (Lipinski definition) is 5. The second-order valence-electron chi connectivity index (χ2n) is 7.73. The molecule has 1 aromatic heterocycles. The van der Waals surface area contributed by atoms with Gasteiger partial charge in [0.2, 0.25) is 4.77 Å². The number of aryl methyl sites for hydroxylation is 1. The summed E-state index contributed by atoms with van der Waals surface area (Å²) in [6.07, 6.45) is -0.252. The molecular formula is C23H26ClN5O2S. The lowest BCUT2D eigenvalue weighted by atomic mass is 10.2. The normalized spacial score (nSPS) is 14.5. The molecular weight excluding hydrogens is 446 g/mol. The number of halogens is 1. The summed E-state index contributed by atoms with van der Waals surface area (Å²) in [5, 5.41) is 5.55. The highest BCUT2D eigenvalue weighted by Gasteiger charge is 2.23. The third-order valence-electron chi connectivity index (χ3n) is 5.47. The molecule has 1 amide bonds. The molecule has 0 aliphatic carbocycles. The average Bonchev–Trinajstić information content (AvgIpc) is 3.11. The van der Waals surface area contributed by atoms with Gasteiger partial charge in [0.25, 0.3) is 0 Å².